The molecule has 0 spiro atoms. The summed E-state index contributed by atoms with van der Waals surface area (Å²) in [5, 5.41) is 6.41. The summed E-state index contributed by atoms with van der Waals surface area (Å²) < 4.78 is 0. The summed E-state index contributed by atoms with van der Waals surface area (Å²) in [6, 6.07) is 0.0763. The molecule has 2 rings (SSSR count). The third-order valence-electron chi connectivity index (χ3n) is 4.43. The number of nitrogens with zero attached hydrogens (tertiary/aromatic N) is 2. The summed E-state index contributed by atoms with van der Waals surface area (Å²) in [6.45, 7) is 8.21. The Hall–Kier alpha value is -1.14. The Balaban J connectivity index is 1.91. The van der Waals surface area contributed by atoms with E-state index in [1.807, 2.05) is 13.8 Å². The van der Waals surface area contributed by atoms with Crippen LogP contribution < -0.4 is 10.6 Å². The Morgan fingerprint density at radius 2 is 2.00 bits per heavy atom. The molecule has 6 heteroatoms. The van der Waals surface area contributed by atoms with Gasteiger partial charge in [-0.1, -0.05) is 0 Å². The molecule has 0 aromatic heterocycles. The van der Waals surface area contributed by atoms with Crippen molar-refractivity contribution in [1.82, 2.24) is 20.4 Å². The van der Waals surface area contributed by atoms with E-state index in [0.717, 1.165) is 32.6 Å². The number of piperidine rings is 1. The molecule has 0 aromatic carbocycles. The van der Waals surface area contributed by atoms with E-state index < -0.39 is 5.54 Å². The third-order valence-corrected chi connectivity index (χ3v) is 4.43. The number of hydrogen-bond donors (Lipinski definition) is 2. The number of carbonyl (C=O) groups is 2. The van der Waals surface area contributed by atoms with Crippen molar-refractivity contribution in [2.75, 3.05) is 39.8 Å². The first-order chi connectivity index (χ1) is 9.41. The minimum Gasteiger partial charge on any atom is -0.350 e. The SMILES string of the molecule is CN1CC(NC(=O)C(C)(C)N2CCNCC2)CCC1=O. The molecule has 1 unspecified atom stereocenters. The molecule has 0 aromatic rings. The zero-order valence-corrected chi connectivity index (χ0v) is 12.7. The predicted molar refractivity (Wildman–Crippen MR) is 77.3 cm³/mol. The molecule has 2 saturated heterocycles. The third kappa shape index (κ3) is 3.30. The first-order valence-electron chi connectivity index (χ1n) is 7.42. The van der Waals surface area contributed by atoms with E-state index in [4.69, 9.17) is 0 Å². The zero-order valence-electron chi connectivity index (χ0n) is 12.7. The number of rotatable bonds is 3. The maximum atomic E-state index is 12.5. The Kier molecular flexibility index (Phi) is 4.65. The van der Waals surface area contributed by atoms with Gasteiger partial charge in [0.25, 0.3) is 0 Å². The summed E-state index contributed by atoms with van der Waals surface area (Å²) in [7, 11) is 1.79. The molecule has 2 aliphatic heterocycles. The lowest BCUT2D eigenvalue weighted by Crippen LogP contribution is -2.62. The summed E-state index contributed by atoms with van der Waals surface area (Å²) >= 11 is 0. The van der Waals surface area contributed by atoms with E-state index in [1.165, 1.54) is 0 Å². The average Bonchev–Trinajstić information content (AvgIpc) is 2.44. The van der Waals surface area contributed by atoms with Gasteiger partial charge >= 0.3 is 0 Å². The van der Waals surface area contributed by atoms with Crippen LogP contribution in [0.25, 0.3) is 0 Å². The average molecular weight is 282 g/mol. The topological polar surface area (TPSA) is 64.7 Å². The van der Waals surface area contributed by atoms with Crippen molar-refractivity contribution in [3.05, 3.63) is 0 Å². The van der Waals surface area contributed by atoms with Crippen LogP contribution in [0, 0.1) is 0 Å². The molecule has 20 heavy (non-hydrogen) atoms. The van der Waals surface area contributed by atoms with Gasteiger partial charge in [-0.25, -0.2) is 0 Å². The van der Waals surface area contributed by atoms with E-state index in [0.29, 0.717) is 13.0 Å². The lowest BCUT2D eigenvalue weighted by molar-refractivity contribution is -0.137. The van der Waals surface area contributed by atoms with Crippen molar-refractivity contribution >= 4 is 11.8 Å². The lowest BCUT2D eigenvalue weighted by atomic mass is 9.98. The monoisotopic (exact) mass is 282 g/mol. The highest BCUT2D eigenvalue weighted by Gasteiger charge is 2.36. The van der Waals surface area contributed by atoms with Gasteiger partial charge in [-0.15, -0.1) is 0 Å². The van der Waals surface area contributed by atoms with Gasteiger partial charge in [0.05, 0.1) is 5.54 Å². The molecule has 0 bridgehead atoms. The number of amides is 2. The quantitative estimate of drug-likeness (QED) is 0.726. The van der Waals surface area contributed by atoms with Crippen LogP contribution in [-0.4, -0.2) is 73.0 Å². The Bertz CT molecular complexity index is 377. The highest BCUT2D eigenvalue weighted by molar-refractivity contribution is 5.86. The molecule has 0 radical (unpaired) electrons. The molecular weight excluding hydrogens is 256 g/mol. The van der Waals surface area contributed by atoms with Crippen molar-refractivity contribution < 1.29 is 9.59 Å². The van der Waals surface area contributed by atoms with Gasteiger partial charge in [0.15, 0.2) is 0 Å². The molecule has 114 valence electrons. The van der Waals surface area contributed by atoms with Crippen LogP contribution in [0.1, 0.15) is 26.7 Å². The molecule has 2 amide bonds. The smallest absolute Gasteiger partial charge is 0.240 e. The minimum absolute atomic E-state index is 0.0622. The fourth-order valence-corrected chi connectivity index (χ4v) is 2.86. The van der Waals surface area contributed by atoms with Crippen molar-refractivity contribution in [2.45, 2.75) is 38.3 Å². The van der Waals surface area contributed by atoms with Gasteiger partial charge in [-0.2, -0.15) is 0 Å². The Morgan fingerprint density at radius 3 is 2.60 bits per heavy atom. The largest absolute Gasteiger partial charge is 0.350 e. The maximum Gasteiger partial charge on any atom is 0.240 e. The second-order valence-corrected chi connectivity index (χ2v) is 6.28. The molecule has 2 N–H and O–H groups in total. The summed E-state index contributed by atoms with van der Waals surface area (Å²) in [4.78, 5) is 27.9. The van der Waals surface area contributed by atoms with Crippen molar-refractivity contribution in [1.29, 1.82) is 0 Å². The van der Waals surface area contributed by atoms with E-state index >= 15 is 0 Å². The number of likely N-dealkylation sites (N-methyl/N-ethyl adjacent to an activating group) is 1. The fourth-order valence-electron chi connectivity index (χ4n) is 2.86. The van der Waals surface area contributed by atoms with Gasteiger partial charge < -0.3 is 15.5 Å². The lowest BCUT2D eigenvalue weighted by Gasteiger charge is -2.41. The van der Waals surface area contributed by atoms with Gasteiger partial charge in [0.2, 0.25) is 11.8 Å². The predicted octanol–water partition coefficient (Wildman–Crippen LogP) is -0.593. The van der Waals surface area contributed by atoms with Crippen LogP contribution in [0.4, 0.5) is 0 Å². The van der Waals surface area contributed by atoms with Crippen LogP contribution in [0.15, 0.2) is 0 Å². The van der Waals surface area contributed by atoms with Crippen molar-refractivity contribution in [3.63, 3.8) is 0 Å². The molecular formula is C14H26N4O2. The first-order valence-corrected chi connectivity index (χ1v) is 7.42. The highest BCUT2D eigenvalue weighted by Crippen LogP contribution is 2.17. The van der Waals surface area contributed by atoms with E-state index in [-0.39, 0.29) is 17.9 Å². The van der Waals surface area contributed by atoms with E-state index in [9.17, 15) is 9.59 Å². The van der Waals surface area contributed by atoms with Crippen LogP contribution in [0.5, 0.6) is 0 Å². The van der Waals surface area contributed by atoms with Crippen LogP contribution in [0.3, 0.4) is 0 Å². The van der Waals surface area contributed by atoms with Crippen LogP contribution in [-0.2, 0) is 9.59 Å². The second kappa shape index (κ2) is 6.10. The van der Waals surface area contributed by atoms with Gasteiger partial charge in [-0.05, 0) is 20.3 Å². The number of nitrogens with one attached hydrogen (secondary N) is 2. The van der Waals surface area contributed by atoms with Crippen LogP contribution >= 0.6 is 0 Å². The normalized spacial score (nSPS) is 25.6. The van der Waals surface area contributed by atoms with Crippen molar-refractivity contribution in [3.8, 4) is 0 Å². The standard InChI is InChI=1S/C14H26N4O2/c1-14(2,18-8-6-15-7-9-18)13(20)16-11-4-5-12(19)17(3)10-11/h11,15H,4-10H2,1-3H3,(H,16,20). The zero-order chi connectivity index (χ0) is 14.8. The second-order valence-electron chi connectivity index (χ2n) is 6.28. The summed E-state index contributed by atoms with van der Waals surface area (Å²) in [6.07, 6.45) is 1.27. The highest BCUT2D eigenvalue weighted by atomic mass is 16.2. The van der Waals surface area contributed by atoms with E-state index in [1.54, 1.807) is 11.9 Å². The number of carbonyl (C=O) groups excluding carboxylic acids is 2. The van der Waals surface area contributed by atoms with Gasteiger partial charge in [0, 0.05) is 52.2 Å². The van der Waals surface area contributed by atoms with Crippen LogP contribution in [0.2, 0.25) is 0 Å². The minimum atomic E-state index is -0.498. The van der Waals surface area contributed by atoms with Gasteiger partial charge in [0.1, 0.15) is 0 Å². The summed E-state index contributed by atoms with van der Waals surface area (Å²) in [5.41, 5.74) is -0.498. The van der Waals surface area contributed by atoms with Crippen molar-refractivity contribution in [2.24, 2.45) is 0 Å². The number of hydrogen-bond acceptors (Lipinski definition) is 4. The van der Waals surface area contributed by atoms with E-state index in [2.05, 4.69) is 15.5 Å². The number of likely N-dealkylation sites (tertiary alicyclic amines) is 1. The first kappa shape index (κ1) is 15.3. The Morgan fingerprint density at radius 1 is 1.35 bits per heavy atom. The Labute approximate surface area is 120 Å². The molecule has 2 aliphatic rings. The molecule has 2 heterocycles. The molecule has 0 aliphatic carbocycles. The van der Waals surface area contributed by atoms with Gasteiger partial charge in [-0.3, -0.25) is 14.5 Å². The summed E-state index contributed by atoms with van der Waals surface area (Å²) in [5.74, 6) is 0.226. The maximum absolute atomic E-state index is 12.5. The molecule has 1 atom stereocenters. The fraction of sp³-hybridized carbons (Fsp3) is 0.857. The number of piperazine rings is 1. The molecule has 0 saturated carbocycles. The molecule has 2 fully saturated rings. The molecule has 6 nitrogen and oxygen atoms in total.